The molecular formula is C16H17N3O2S. The number of thioether (sulfide) groups is 1. The van der Waals surface area contributed by atoms with Gasteiger partial charge in [0.15, 0.2) is 0 Å². The maximum Gasteiger partial charge on any atom is 0.221 e. The number of hydrogen-bond acceptors (Lipinski definition) is 6. The maximum absolute atomic E-state index is 10.1. The first-order chi connectivity index (χ1) is 10.7. The molecule has 0 saturated carbocycles. The van der Waals surface area contributed by atoms with Gasteiger partial charge in [0.2, 0.25) is 5.88 Å². The van der Waals surface area contributed by atoms with Gasteiger partial charge in [-0.2, -0.15) is 0 Å². The summed E-state index contributed by atoms with van der Waals surface area (Å²) >= 11 is 1.47. The van der Waals surface area contributed by atoms with Crippen LogP contribution in [0.2, 0.25) is 0 Å². The molecule has 0 aromatic carbocycles. The average Bonchev–Trinajstić information content (AvgIpc) is 2.54. The van der Waals surface area contributed by atoms with Crippen LogP contribution in [0.25, 0.3) is 0 Å². The van der Waals surface area contributed by atoms with Crippen molar-refractivity contribution in [1.29, 1.82) is 5.41 Å². The summed E-state index contributed by atoms with van der Waals surface area (Å²) in [6.07, 6.45) is 6.79. The summed E-state index contributed by atoms with van der Waals surface area (Å²) in [5.74, 6) is 0.586. The topological polar surface area (TPSA) is 90.1 Å². The predicted octanol–water partition coefficient (Wildman–Crippen LogP) is 3.06. The quantitative estimate of drug-likeness (QED) is 0.596. The smallest absolute Gasteiger partial charge is 0.221 e. The zero-order chi connectivity index (χ0) is 15.5. The lowest BCUT2D eigenvalue weighted by atomic mass is 9.90. The molecule has 0 unspecified atom stereocenters. The van der Waals surface area contributed by atoms with Crippen molar-refractivity contribution in [2.45, 2.75) is 36.5 Å². The SMILES string of the molecule is N=Cc1c(O)nc(SCc2ncccc2O)c2c1CCCC2. The molecule has 6 heteroatoms. The zero-order valence-corrected chi connectivity index (χ0v) is 12.9. The Morgan fingerprint density at radius 2 is 2.00 bits per heavy atom. The van der Waals surface area contributed by atoms with E-state index < -0.39 is 0 Å². The van der Waals surface area contributed by atoms with Gasteiger partial charge >= 0.3 is 0 Å². The van der Waals surface area contributed by atoms with E-state index in [0.29, 0.717) is 17.0 Å². The number of rotatable bonds is 4. The van der Waals surface area contributed by atoms with E-state index in [9.17, 15) is 10.2 Å². The molecule has 1 aliphatic carbocycles. The van der Waals surface area contributed by atoms with Crippen LogP contribution in [0.1, 0.15) is 35.2 Å². The highest BCUT2D eigenvalue weighted by Gasteiger charge is 2.21. The molecule has 1 aliphatic rings. The van der Waals surface area contributed by atoms with Crippen LogP contribution in [0, 0.1) is 5.41 Å². The summed E-state index contributed by atoms with van der Waals surface area (Å²) in [4.78, 5) is 8.42. The van der Waals surface area contributed by atoms with Gasteiger partial charge in [-0.25, -0.2) is 4.98 Å². The van der Waals surface area contributed by atoms with Gasteiger partial charge in [-0.1, -0.05) is 11.8 Å². The summed E-state index contributed by atoms with van der Waals surface area (Å²) < 4.78 is 0. The number of hydrogen-bond donors (Lipinski definition) is 3. The lowest BCUT2D eigenvalue weighted by molar-refractivity contribution is 0.443. The highest BCUT2D eigenvalue weighted by Crippen LogP contribution is 2.36. The number of nitrogens with zero attached hydrogens (tertiary/aromatic N) is 2. The Morgan fingerprint density at radius 1 is 1.23 bits per heavy atom. The third-order valence-electron chi connectivity index (χ3n) is 3.86. The average molecular weight is 315 g/mol. The molecule has 114 valence electrons. The minimum absolute atomic E-state index is 0.0802. The van der Waals surface area contributed by atoms with E-state index in [4.69, 9.17) is 5.41 Å². The van der Waals surface area contributed by atoms with Crippen LogP contribution in [0.4, 0.5) is 0 Å². The van der Waals surface area contributed by atoms with Crippen molar-refractivity contribution in [3.63, 3.8) is 0 Å². The van der Waals surface area contributed by atoms with Crippen molar-refractivity contribution in [2.75, 3.05) is 0 Å². The van der Waals surface area contributed by atoms with E-state index in [-0.39, 0.29) is 11.6 Å². The molecule has 2 heterocycles. The Hall–Kier alpha value is -2.08. The van der Waals surface area contributed by atoms with Gasteiger partial charge < -0.3 is 15.6 Å². The van der Waals surface area contributed by atoms with Gasteiger partial charge in [0.25, 0.3) is 0 Å². The van der Waals surface area contributed by atoms with Gasteiger partial charge in [-0.15, -0.1) is 0 Å². The fourth-order valence-corrected chi connectivity index (χ4v) is 3.79. The molecule has 0 atom stereocenters. The monoisotopic (exact) mass is 315 g/mol. The van der Waals surface area contributed by atoms with Gasteiger partial charge in [0.1, 0.15) is 10.8 Å². The van der Waals surface area contributed by atoms with Crippen LogP contribution in [0.15, 0.2) is 23.4 Å². The number of nitrogens with one attached hydrogen (secondary N) is 1. The van der Waals surface area contributed by atoms with Crippen molar-refractivity contribution in [1.82, 2.24) is 9.97 Å². The molecule has 0 amide bonds. The van der Waals surface area contributed by atoms with E-state index in [1.807, 2.05) is 0 Å². The third-order valence-corrected chi connectivity index (χ3v) is 4.88. The first kappa shape index (κ1) is 14.8. The molecule has 0 radical (unpaired) electrons. The van der Waals surface area contributed by atoms with E-state index >= 15 is 0 Å². The second kappa shape index (κ2) is 6.36. The number of fused-ring (bicyclic) bond motifs is 1. The Kier molecular flexibility index (Phi) is 4.29. The fraction of sp³-hybridized carbons (Fsp3) is 0.312. The molecule has 3 rings (SSSR count). The number of aromatic nitrogens is 2. The van der Waals surface area contributed by atoms with Crippen molar-refractivity contribution >= 4 is 18.0 Å². The number of pyridine rings is 2. The minimum atomic E-state index is -0.0802. The Labute approximate surface area is 133 Å². The van der Waals surface area contributed by atoms with E-state index in [1.54, 1.807) is 18.3 Å². The minimum Gasteiger partial charge on any atom is -0.506 e. The van der Waals surface area contributed by atoms with Crippen LogP contribution in [0.3, 0.4) is 0 Å². The Bertz CT molecular complexity index is 719. The van der Waals surface area contributed by atoms with Gasteiger partial charge in [-0.3, -0.25) is 4.98 Å². The molecule has 0 bridgehead atoms. The molecule has 2 aromatic rings. The summed E-state index contributed by atoms with van der Waals surface area (Å²) in [5.41, 5.74) is 3.32. The summed E-state index contributed by atoms with van der Waals surface area (Å²) in [6, 6.07) is 3.30. The van der Waals surface area contributed by atoms with Crippen molar-refractivity contribution in [2.24, 2.45) is 0 Å². The molecule has 3 N–H and O–H groups in total. The molecule has 5 nitrogen and oxygen atoms in total. The van der Waals surface area contributed by atoms with Crippen molar-refractivity contribution in [3.05, 3.63) is 40.7 Å². The fourth-order valence-electron chi connectivity index (χ4n) is 2.75. The Morgan fingerprint density at radius 3 is 2.73 bits per heavy atom. The van der Waals surface area contributed by atoms with E-state index in [0.717, 1.165) is 41.8 Å². The highest BCUT2D eigenvalue weighted by atomic mass is 32.2. The normalized spacial score (nSPS) is 13.6. The predicted molar refractivity (Wildman–Crippen MR) is 85.9 cm³/mol. The summed E-state index contributed by atoms with van der Waals surface area (Å²) in [7, 11) is 0. The largest absolute Gasteiger partial charge is 0.506 e. The molecule has 0 fully saturated rings. The van der Waals surface area contributed by atoms with Crippen LogP contribution in [0.5, 0.6) is 11.6 Å². The van der Waals surface area contributed by atoms with Gasteiger partial charge in [0.05, 0.1) is 11.3 Å². The second-order valence-electron chi connectivity index (χ2n) is 5.22. The third kappa shape index (κ3) is 2.78. The van der Waals surface area contributed by atoms with Crippen molar-refractivity contribution < 1.29 is 10.2 Å². The van der Waals surface area contributed by atoms with Crippen LogP contribution < -0.4 is 0 Å². The van der Waals surface area contributed by atoms with Crippen molar-refractivity contribution in [3.8, 4) is 11.6 Å². The summed E-state index contributed by atoms with van der Waals surface area (Å²) in [5, 5.41) is 28.1. The molecule has 0 aliphatic heterocycles. The molecule has 22 heavy (non-hydrogen) atoms. The van der Waals surface area contributed by atoms with E-state index in [2.05, 4.69) is 9.97 Å². The standard InChI is InChI=1S/C16H17N3O2S/c17-8-12-10-4-1-2-5-11(10)16(19-15(12)21)22-9-13-14(20)6-3-7-18-13/h3,6-8,17,20H,1-2,4-5,9H2,(H,19,21). The zero-order valence-electron chi connectivity index (χ0n) is 12.0. The first-order valence-electron chi connectivity index (χ1n) is 7.21. The molecule has 2 aromatic heterocycles. The first-order valence-corrected chi connectivity index (χ1v) is 8.20. The van der Waals surface area contributed by atoms with E-state index in [1.165, 1.54) is 18.0 Å². The van der Waals surface area contributed by atoms with Gasteiger partial charge in [0, 0.05) is 18.2 Å². The second-order valence-corrected chi connectivity index (χ2v) is 6.18. The van der Waals surface area contributed by atoms with Crippen LogP contribution in [-0.2, 0) is 18.6 Å². The Balaban J connectivity index is 1.92. The maximum atomic E-state index is 10.1. The molecule has 0 spiro atoms. The van der Waals surface area contributed by atoms with Crippen LogP contribution >= 0.6 is 11.8 Å². The van der Waals surface area contributed by atoms with Gasteiger partial charge in [-0.05, 0) is 48.9 Å². The molecule has 0 saturated heterocycles. The highest BCUT2D eigenvalue weighted by molar-refractivity contribution is 7.98. The van der Waals surface area contributed by atoms with Crippen LogP contribution in [-0.4, -0.2) is 26.4 Å². The molecular weight excluding hydrogens is 298 g/mol. The number of aromatic hydroxyl groups is 2. The lowest BCUT2D eigenvalue weighted by Crippen LogP contribution is -2.10. The lowest BCUT2D eigenvalue weighted by Gasteiger charge is -2.21. The summed E-state index contributed by atoms with van der Waals surface area (Å²) in [6.45, 7) is 0.